The van der Waals surface area contributed by atoms with Crippen molar-refractivity contribution in [2.24, 2.45) is 0 Å². The fraction of sp³-hybridized carbons (Fsp3) is 0.333. The van der Waals surface area contributed by atoms with Gasteiger partial charge >= 0.3 is 5.97 Å². The topological polar surface area (TPSA) is 99.1 Å². The Morgan fingerprint density at radius 1 is 1.23 bits per heavy atom. The maximum atomic E-state index is 13.1. The third-order valence-electron chi connectivity index (χ3n) is 4.68. The van der Waals surface area contributed by atoms with Crippen LogP contribution in [0.5, 0.6) is 5.75 Å². The molecule has 30 heavy (non-hydrogen) atoms. The lowest BCUT2D eigenvalue weighted by Gasteiger charge is -2.11. The number of aryl methyl sites for hydroxylation is 1. The standard InChI is InChI=1S/C21H24N4O4S/c1-6-29-20(27)17-12(2)18(23-13(17)3)19(26)14(4)30-21-24-22-11-25(21)15-7-9-16(28-5)10-8-15/h7-11,14,23H,6H2,1-5H3/t14-/m0/s1. The molecule has 9 heteroatoms. The number of nitrogens with one attached hydrogen (secondary N) is 1. The molecule has 1 aromatic carbocycles. The minimum Gasteiger partial charge on any atom is -0.497 e. The van der Waals surface area contributed by atoms with E-state index in [0.717, 1.165) is 11.4 Å². The lowest BCUT2D eigenvalue weighted by molar-refractivity contribution is 0.0525. The van der Waals surface area contributed by atoms with Gasteiger partial charge in [0.15, 0.2) is 10.9 Å². The van der Waals surface area contributed by atoms with Crippen LogP contribution in [0.2, 0.25) is 0 Å². The lowest BCUT2D eigenvalue weighted by atomic mass is 10.1. The maximum Gasteiger partial charge on any atom is 0.340 e. The highest BCUT2D eigenvalue weighted by atomic mass is 32.2. The number of rotatable bonds is 8. The van der Waals surface area contributed by atoms with Crippen molar-refractivity contribution in [3.8, 4) is 11.4 Å². The molecular weight excluding hydrogens is 404 g/mol. The summed E-state index contributed by atoms with van der Waals surface area (Å²) in [6.07, 6.45) is 1.60. The molecule has 0 radical (unpaired) electrons. The minimum atomic E-state index is -0.446. The molecule has 0 amide bonds. The Bertz CT molecular complexity index is 1060. The van der Waals surface area contributed by atoms with Gasteiger partial charge in [0.25, 0.3) is 0 Å². The van der Waals surface area contributed by atoms with E-state index in [1.807, 2.05) is 28.8 Å². The first-order valence-electron chi connectivity index (χ1n) is 9.48. The van der Waals surface area contributed by atoms with Crippen LogP contribution in [0.15, 0.2) is 35.7 Å². The van der Waals surface area contributed by atoms with Crippen LogP contribution in [0, 0.1) is 13.8 Å². The monoisotopic (exact) mass is 428 g/mol. The molecule has 0 saturated carbocycles. The third kappa shape index (κ3) is 4.25. The number of hydrogen-bond donors (Lipinski definition) is 1. The SMILES string of the molecule is CCOC(=O)c1c(C)[nH]c(C(=O)[C@H](C)Sc2nncn2-c2ccc(OC)cc2)c1C. The van der Waals surface area contributed by atoms with E-state index >= 15 is 0 Å². The molecular formula is C21H24N4O4S. The number of benzene rings is 1. The number of aromatic amines is 1. The largest absolute Gasteiger partial charge is 0.497 e. The molecule has 1 N–H and O–H groups in total. The second-order valence-corrected chi connectivity index (χ2v) is 7.96. The molecule has 1 atom stereocenters. The van der Waals surface area contributed by atoms with E-state index in [0.29, 0.717) is 27.7 Å². The summed E-state index contributed by atoms with van der Waals surface area (Å²) in [6, 6.07) is 7.48. The zero-order valence-electron chi connectivity index (χ0n) is 17.6. The molecule has 0 aliphatic rings. The molecule has 2 aromatic heterocycles. The van der Waals surface area contributed by atoms with Crippen LogP contribution in [-0.2, 0) is 4.74 Å². The first-order valence-corrected chi connectivity index (χ1v) is 10.4. The quantitative estimate of drug-likeness (QED) is 0.331. The highest BCUT2D eigenvalue weighted by Crippen LogP contribution is 2.28. The molecule has 0 aliphatic heterocycles. The fourth-order valence-electron chi connectivity index (χ4n) is 3.15. The predicted molar refractivity (Wildman–Crippen MR) is 114 cm³/mol. The number of nitrogens with zero attached hydrogens (tertiary/aromatic N) is 3. The summed E-state index contributed by atoms with van der Waals surface area (Å²) in [4.78, 5) is 28.3. The van der Waals surface area contributed by atoms with Gasteiger partial charge in [-0.05, 0) is 57.5 Å². The molecule has 0 bridgehead atoms. The van der Waals surface area contributed by atoms with Crippen molar-refractivity contribution < 1.29 is 19.1 Å². The normalized spacial score (nSPS) is 11.9. The van der Waals surface area contributed by atoms with Gasteiger partial charge in [0.05, 0.1) is 30.2 Å². The van der Waals surface area contributed by atoms with Crippen LogP contribution >= 0.6 is 11.8 Å². The van der Waals surface area contributed by atoms with Crippen LogP contribution in [0.3, 0.4) is 0 Å². The van der Waals surface area contributed by atoms with Gasteiger partial charge in [-0.3, -0.25) is 9.36 Å². The van der Waals surface area contributed by atoms with Crippen molar-refractivity contribution in [2.45, 2.75) is 38.1 Å². The Hall–Kier alpha value is -3.07. The number of Topliss-reactive ketones (excluding diaryl/α,β-unsaturated/α-hetero) is 1. The van der Waals surface area contributed by atoms with E-state index in [9.17, 15) is 9.59 Å². The summed E-state index contributed by atoms with van der Waals surface area (Å²) < 4.78 is 12.1. The van der Waals surface area contributed by atoms with Crippen LogP contribution in [0.4, 0.5) is 0 Å². The number of carbonyl (C=O) groups excluding carboxylic acids is 2. The number of aromatic nitrogens is 4. The second-order valence-electron chi connectivity index (χ2n) is 6.65. The first kappa shape index (κ1) is 21.6. The van der Waals surface area contributed by atoms with Gasteiger partial charge in [0.2, 0.25) is 0 Å². The van der Waals surface area contributed by atoms with E-state index < -0.39 is 11.2 Å². The van der Waals surface area contributed by atoms with Gasteiger partial charge < -0.3 is 14.5 Å². The number of esters is 1. The molecule has 8 nitrogen and oxygen atoms in total. The molecule has 0 fully saturated rings. The summed E-state index contributed by atoms with van der Waals surface area (Å²) >= 11 is 1.30. The number of thioether (sulfide) groups is 1. The zero-order chi connectivity index (χ0) is 21.8. The molecule has 158 valence electrons. The Labute approximate surface area is 179 Å². The summed E-state index contributed by atoms with van der Waals surface area (Å²) in [5.74, 6) is 0.197. The number of ketones is 1. The Morgan fingerprint density at radius 2 is 1.93 bits per heavy atom. The number of H-pyrrole nitrogens is 1. The Balaban J connectivity index is 1.81. The number of carbonyl (C=O) groups is 2. The van der Waals surface area contributed by atoms with E-state index in [4.69, 9.17) is 9.47 Å². The highest BCUT2D eigenvalue weighted by molar-refractivity contribution is 8.00. The summed E-state index contributed by atoms with van der Waals surface area (Å²) in [6.45, 7) is 7.34. The van der Waals surface area contributed by atoms with Crippen molar-refractivity contribution in [1.82, 2.24) is 19.7 Å². The maximum absolute atomic E-state index is 13.1. The van der Waals surface area contributed by atoms with Crippen LogP contribution in [-0.4, -0.2) is 50.5 Å². The lowest BCUT2D eigenvalue weighted by Crippen LogP contribution is -2.16. The summed E-state index contributed by atoms with van der Waals surface area (Å²) in [5.41, 5.74) is 2.90. The molecule has 2 heterocycles. The second kappa shape index (κ2) is 9.17. The van der Waals surface area contributed by atoms with Crippen molar-refractivity contribution in [3.05, 3.63) is 53.1 Å². The van der Waals surface area contributed by atoms with Crippen LogP contribution < -0.4 is 4.74 Å². The molecule has 0 aliphatic carbocycles. The molecule has 3 rings (SSSR count). The Morgan fingerprint density at radius 3 is 2.57 bits per heavy atom. The molecule has 0 saturated heterocycles. The third-order valence-corrected chi connectivity index (χ3v) is 5.74. The number of ether oxygens (including phenoxy) is 2. The van der Waals surface area contributed by atoms with Gasteiger partial charge in [-0.15, -0.1) is 10.2 Å². The molecule has 0 unspecified atom stereocenters. The van der Waals surface area contributed by atoms with E-state index in [1.165, 1.54) is 11.8 Å². The smallest absolute Gasteiger partial charge is 0.340 e. The van der Waals surface area contributed by atoms with Crippen LogP contribution in [0.1, 0.15) is 46.0 Å². The Kier molecular flexibility index (Phi) is 6.61. The van der Waals surface area contributed by atoms with Gasteiger partial charge in [-0.2, -0.15) is 0 Å². The van der Waals surface area contributed by atoms with E-state index in [-0.39, 0.29) is 12.4 Å². The van der Waals surface area contributed by atoms with Gasteiger partial charge in [0, 0.05) is 11.4 Å². The van der Waals surface area contributed by atoms with Gasteiger partial charge in [0.1, 0.15) is 12.1 Å². The number of methoxy groups -OCH3 is 1. The van der Waals surface area contributed by atoms with Gasteiger partial charge in [-0.1, -0.05) is 11.8 Å². The van der Waals surface area contributed by atoms with E-state index in [1.54, 1.807) is 41.1 Å². The number of hydrogen-bond acceptors (Lipinski definition) is 7. The first-order chi connectivity index (χ1) is 14.4. The van der Waals surface area contributed by atoms with Crippen molar-refractivity contribution in [3.63, 3.8) is 0 Å². The fourth-order valence-corrected chi connectivity index (χ4v) is 4.05. The average molecular weight is 429 g/mol. The summed E-state index contributed by atoms with van der Waals surface area (Å²) in [5, 5.41) is 8.29. The van der Waals surface area contributed by atoms with Crippen LogP contribution in [0.25, 0.3) is 5.69 Å². The zero-order valence-corrected chi connectivity index (χ0v) is 18.4. The van der Waals surface area contributed by atoms with Crippen molar-refractivity contribution >= 4 is 23.5 Å². The summed E-state index contributed by atoms with van der Waals surface area (Å²) in [7, 11) is 1.61. The van der Waals surface area contributed by atoms with Crippen molar-refractivity contribution in [1.29, 1.82) is 0 Å². The average Bonchev–Trinajstić information content (AvgIpc) is 3.31. The molecule has 3 aromatic rings. The highest BCUT2D eigenvalue weighted by Gasteiger charge is 2.27. The van der Waals surface area contributed by atoms with E-state index in [2.05, 4.69) is 15.2 Å². The molecule has 0 spiro atoms. The predicted octanol–water partition coefficient (Wildman–Crippen LogP) is 3.76. The minimum absolute atomic E-state index is 0.125. The van der Waals surface area contributed by atoms with Crippen molar-refractivity contribution in [2.75, 3.05) is 13.7 Å². The van der Waals surface area contributed by atoms with Gasteiger partial charge in [-0.25, -0.2) is 4.79 Å².